The molecule has 0 saturated carbocycles. The molecular weight excluding hydrogens is 352 g/mol. The van der Waals surface area contributed by atoms with Crippen LogP contribution in [0.3, 0.4) is 0 Å². The summed E-state index contributed by atoms with van der Waals surface area (Å²) in [6.45, 7) is 13.3. The molecule has 4 heteroatoms. The van der Waals surface area contributed by atoms with Gasteiger partial charge in [0.15, 0.2) is 5.78 Å². The first-order valence-electron chi connectivity index (χ1n) is 9.60. The number of aliphatic hydroxyl groups is 1. The molecule has 2 atom stereocenters. The second-order valence-electron chi connectivity index (χ2n) is 9.14. The minimum absolute atomic E-state index is 0.0754. The van der Waals surface area contributed by atoms with Crippen LogP contribution in [0.5, 0.6) is 0 Å². The van der Waals surface area contributed by atoms with Crippen molar-refractivity contribution in [3.05, 3.63) is 71.5 Å². The number of hydrogen-bond acceptors (Lipinski definition) is 4. The normalized spacial score (nSPS) is 23.4. The van der Waals surface area contributed by atoms with Gasteiger partial charge in [-0.15, -0.1) is 0 Å². The molecule has 0 aromatic heterocycles. The second kappa shape index (κ2) is 8.06. The molecule has 0 spiro atoms. The summed E-state index contributed by atoms with van der Waals surface area (Å²) in [7, 11) is 0. The lowest BCUT2D eigenvalue weighted by molar-refractivity contribution is -0.201. The standard InChI is InChI=1S/C24H32O4/c1-17-15-19(13-14-20(25)18-11-9-8-10-12-18)21(27-22(2,3)4)16-24(17,26)28-23(5,6)7/h8-16,19,26H,1-7H3/b14-13+. The third-order valence-corrected chi connectivity index (χ3v) is 4.06. The minimum atomic E-state index is -1.55. The topological polar surface area (TPSA) is 55.8 Å². The molecule has 28 heavy (non-hydrogen) atoms. The van der Waals surface area contributed by atoms with Gasteiger partial charge in [-0.2, -0.15) is 0 Å². The SMILES string of the molecule is CC1=CC(/C=C/C(=O)c2ccccc2)C(OC(C)(C)C)=CC1(O)OC(C)(C)C. The molecule has 0 fully saturated rings. The van der Waals surface area contributed by atoms with Gasteiger partial charge >= 0.3 is 0 Å². The predicted octanol–water partition coefficient (Wildman–Crippen LogP) is 5.20. The average Bonchev–Trinajstić information content (AvgIpc) is 2.54. The highest BCUT2D eigenvalue weighted by Gasteiger charge is 2.38. The van der Waals surface area contributed by atoms with E-state index in [0.29, 0.717) is 16.9 Å². The van der Waals surface area contributed by atoms with E-state index in [1.54, 1.807) is 30.4 Å². The molecule has 0 aliphatic heterocycles. The Labute approximate surface area is 168 Å². The maximum Gasteiger partial charge on any atom is 0.212 e. The van der Waals surface area contributed by atoms with Crippen LogP contribution in [0.25, 0.3) is 0 Å². The third kappa shape index (κ3) is 6.18. The van der Waals surface area contributed by atoms with Gasteiger partial charge in [0, 0.05) is 11.6 Å². The van der Waals surface area contributed by atoms with Gasteiger partial charge in [0.25, 0.3) is 0 Å². The van der Waals surface area contributed by atoms with E-state index in [2.05, 4.69) is 0 Å². The zero-order valence-corrected chi connectivity index (χ0v) is 17.9. The van der Waals surface area contributed by atoms with Crippen molar-refractivity contribution >= 4 is 5.78 Å². The van der Waals surface area contributed by atoms with Crippen LogP contribution < -0.4 is 0 Å². The Morgan fingerprint density at radius 2 is 1.68 bits per heavy atom. The van der Waals surface area contributed by atoms with Gasteiger partial charge < -0.3 is 14.6 Å². The molecule has 0 radical (unpaired) electrons. The van der Waals surface area contributed by atoms with Crippen molar-refractivity contribution in [1.29, 1.82) is 0 Å². The quantitative estimate of drug-likeness (QED) is 0.328. The van der Waals surface area contributed by atoms with Crippen molar-refractivity contribution in [3.63, 3.8) is 0 Å². The first-order chi connectivity index (χ1) is 12.8. The van der Waals surface area contributed by atoms with E-state index in [4.69, 9.17) is 9.47 Å². The van der Waals surface area contributed by atoms with Gasteiger partial charge in [0.1, 0.15) is 11.4 Å². The van der Waals surface area contributed by atoms with Gasteiger partial charge in [-0.1, -0.05) is 42.5 Å². The molecule has 152 valence electrons. The van der Waals surface area contributed by atoms with Crippen molar-refractivity contribution in [2.45, 2.75) is 65.5 Å². The van der Waals surface area contributed by atoms with Crippen LogP contribution in [0.1, 0.15) is 58.8 Å². The lowest BCUT2D eigenvalue weighted by Crippen LogP contribution is -2.42. The summed E-state index contributed by atoms with van der Waals surface area (Å²) in [6.07, 6.45) is 6.84. The maximum atomic E-state index is 12.4. The summed E-state index contributed by atoms with van der Waals surface area (Å²) in [6, 6.07) is 9.12. The zero-order valence-electron chi connectivity index (χ0n) is 17.9. The maximum absolute atomic E-state index is 12.4. The lowest BCUT2D eigenvalue weighted by atomic mass is 9.90. The fourth-order valence-corrected chi connectivity index (χ4v) is 2.94. The van der Waals surface area contributed by atoms with E-state index in [1.807, 2.05) is 72.7 Å². The molecular formula is C24H32O4. The van der Waals surface area contributed by atoms with Crippen LogP contribution in [-0.4, -0.2) is 27.9 Å². The Hall–Kier alpha value is -2.17. The number of benzene rings is 1. The molecule has 0 heterocycles. The van der Waals surface area contributed by atoms with E-state index in [-0.39, 0.29) is 11.7 Å². The van der Waals surface area contributed by atoms with Gasteiger partial charge in [0.05, 0.1) is 11.5 Å². The number of carbonyl (C=O) groups excluding carboxylic acids is 1. The smallest absolute Gasteiger partial charge is 0.212 e. The zero-order chi connectivity index (χ0) is 21.2. The number of ketones is 1. The first-order valence-corrected chi connectivity index (χ1v) is 9.60. The molecule has 4 nitrogen and oxygen atoms in total. The Bertz CT molecular complexity index is 788. The lowest BCUT2D eigenvalue weighted by Gasteiger charge is -2.38. The molecule has 0 amide bonds. The van der Waals surface area contributed by atoms with Crippen molar-refractivity contribution in [2.75, 3.05) is 0 Å². The molecule has 2 unspecified atom stereocenters. The van der Waals surface area contributed by atoms with Crippen molar-refractivity contribution in [3.8, 4) is 0 Å². The van der Waals surface area contributed by atoms with Gasteiger partial charge in [-0.3, -0.25) is 4.79 Å². The van der Waals surface area contributed by atoms with E-state index < -0.39 is 17.0 Å². The molecule has 1 aromatic rings. The number of rotatable bonds is 5. The first kappa shape index (κ1) is 22.1. The highest BCUT2D eigenvalue weighted by atomic mass is 16.6. The molecule has 1 aromatic carbocycles. The van der Waals surface area contributed by atoms with Crippen LogP contribution >= 0.6 is 0 Å². The highest BCUT2D eigenvalue weighted by molar-refractivity contribution is 6.04. The number of hydrogen-bond donors (Lipinski definition) is 1. The fraction of sp³-hybridized carbons (Fsp3) is 0.458. The Kier molecular flexibility index (Phi) is 6.37. The van der Waals surface area contributed by atoms with Gasteiger partial charge in [-0.25, -0.2) is 0 Å². The number of allylic oxidation sites excluding steroid dienone is 2. The number of carbonyl (C=O) groups is 1. The predicted molar refractivity (Wildman–Crippen MR) is 112 cm³/mol. The summed E-state index contributed by atoms with van der Waals surface area (Å²) in [5, 5.41) is 11.1. The van der Waals surface area contributed by atoms with Crippen molar-refractivity contribution < 1.29 is 19.4 Å². The Balaban J connectivity index is 2.34. The van der Waals surface area contributed by atoms with E-state index >= 15 is 0 Å². The fourth-order valence-electron chi connectivity index (χ4n) is 2.94. The molecule has 1 aliphatic carbocycles. The van der Waals surface area contributed by atoms with E-state index in [1.165, 1.54) is 0 Å². The second-order valence-corrected chi connectivity index (χ2v) is 9.14. The summed E-state index contributed by atoms with van der Waals surface area (Å²) in [5.41, 5.74) is 0.290. The molecule has 1 aliphatic rings. The largest absolute Gasteiger partial charge is 0.492 e. The number of ether oxygens (including phenoxy) is 2. The van der Waals surface area contributed by atoms with Crippen LogP contribution in [0.15, 0.2) is 66.0 Å². The average molecular weight is 385 g/mol. The van der Waals surface area contributed by atoms with Crippen LogP contribution in [-0.2, 0) is 9.47 Å². The van der Waals surface area contributed by atoms with Gasteiger partial charge in [0.2, 0.25) is 5.79 Å². The van der Waals surface area contributed by atoms with E-state index in [9.17, 15) is 9.90 Å². The highest BCUT2D eigenvalue weighted by Crippen LogP contribution is 2.37. The van der Waals surface area contributed by atoms with Crippen LogP contribution in [0.2, 0.25) is 0 Å². The van der Waals surface area contributed by atoms with Crippen molar-refractivity contribution in [2.24, 2.45) is 5.92 Å². The summed E-state index contributed by atoms with van der Waals surface area (Å²) < 4.78 is 12.0. The minimum Gasteiger partial charge on any atom is -0.492 e. The third-order valence-electron chi connectivity index (χ3n) is 4.06. The molecule has 1 N–H and O–H groups in total. The molecule has 0 saturated heterocycles. The summed E-state index contributed by atoms with van der Waals surface area (Å²) in [4.78, 5) is 12.4. The van der Waals surface area contributed by atoms with Crippen LogP contribution in [0, 0.1) is 5.92 Å². The van der Waals surface area contributed by atoms with Crippen molar-refractivity contribution in [1.82, 2.24) is 0 Å². The molecule has 2 rings (SSSR count). The monoisotopic (exact) mass is 384 g/mol. The van der Waals surface area contributed by atoms with E-state index in [0.717, 1.165) is 0 Å². The Morgan fingerprint density at radius 3 is 2.21 bits per heavy atom. The Morgan fingerprint density at radius 1 is 1.07 bits per heavy atom. The summed E-state index contributed by atoms with van der Waals surface area (Å²) >= 11 is 0. The van der Waals surface area contributed by atoms with Gasteiger partial charge in [-0.05, 0) is 60.1 Å². The molecule has 0 bridgehead atoms. The summed E-state index contributed by atoms with van der Waals surface area (Å²) in [5.74, 6) is -1.33. The van der Waals surface area contributed by atoms with Crippen LogP contribution in [0.4, 0.5) is 0 Å².